The molecule has 0 spiro atoms. The third-order valence-corrected chi connectivity index (χ3v) is 6.02. The summed E-state index contributed by atoms with van der Waals surface area (Å²) in [6, 6.07) is 0. The fraction of sp³-hybridized carbons (Fsp3) is 0.909. The van der Waals surface area contributed by atoms with E-state index in [1.807, 2.05) is 6.92 Å². The summed E-state index contributed by atoms with van der Waals surface area (Å²) in [6.45, 7) is 15.4. The molecule has 3 heteroatoms. The first kappa shape index (κ1) is 17.1. The molecule has 0 radical (unpaired) electrons. The second kappa shape index (κ2) is 5.69. The van der Waals surface area contributed by atoms with E-state index in [4.69, 9.17) is 0 Å². The van der Waals surface area contributed by atoms with Crippen molar-refractivity contribution in [2.24, 2.45) is 0 Å². The molecular formula is C11H23LiNP. The quantitative estimate of drug-likeness (QED) is 0.367. The molecule has 0 rings (SSSR count). The Morgan fingerprint density at radius 1 is 1.00 bits per heavy atom. The first-order chi connectivity index (χ1) is 5.55. The number of rotatable bonds is 2. The van der Waals surface area contributed by atoms with Gasteiger partial charge in [0.15, 0.2) is 0 Å². The van der Waals surface area contributed by atoms with Gasteiger partial charge in [-0.1, -0.05) is 56.4 Å². The molecule has 1 nitrogen and oxygen atoms in total. The molecule has 0 bridgehead atoms. The molecule has 0 heterocycles. The van der Waals surface area contributed by atoms with Gasteiger partial charge in [0.1, 0.15) is 0 Å². The van der Waals surface area contributed by atoms with Crippen LogP contribution in [-0.4, -0.2) is 22.2 Å². The van der Waals surface area contributed by atoms with E-state index in [9.17, 15) is 5.41 Å². The number of hydrogen-bond donors (Lipinski definition) is 0. The minimum atomic E-state index is -0.169. The predicted octanol–water partition coefficient (Wildman–Crippen LogP) is 1.10. The van der Waals surface area contributed by atoms with Crippen LogP contribution in [0.15, 0.2) is 0 Å². The van der Waals surface area contributed by atoms with Crippen molar-refractivity contribution < 1.29 is 18.9 Å². The molecule has 0 aromatic heterocycles. The third-order valence-electron chi connectivity index (χ3n) is 2.01. The molecule has 0 aromatic carbocycles. The second-order valence-electron chi connectivity index (χ2n) is 5.66. The zero-order valence-corrected chi connectivity index (χ0v) is 12.0. The van der Waals surface area contributed by atoms with Crippen LogP contribution in [0.3, 0.4) is 0 Å². The van der Waals surface area contributed by atoms with Crippen molar-refractivity contribution in [3.05, 3.63) is 5.41 Å². The maximum atomic E-state index is 9.38. The van der Waals surface area contributed by atoms with E-state index < -0.39 is 0 Å². The van der Waals surface area contributed by atoms with Crippen LogP contribution in [0, 0.1) is 0 Å². The second-order valence-corrected chi connectivity index (χ2v) is 9.52. The van der Waals surface area contributed by atoms with Gasteiger partial charge in [0, 0.05) is 0 Å². The van der Waals surface area contributed by atoms with Gasteiger partial charge in [-0.2, -0.15) is 0 Å². The largest absolute Gasteiger partial charge is 1.00 e. The van der Waals surface area contributed by atoms with Gasteiger partial charge in [-0.3, -0.25) is 0 Å². The van der Waals surface area contributed by atoms with Crippen LogP contribution in [0.5, 0.6) is 0 Å². The molecule has 0 atom stereocenters. The first-order valence-corrected chi connectivity index (χ1v) is 6.37. The minimum absolute atomic E-state index is 0. The zero-order valence-electron chi connectivity index (χ0n) is 11.1. The van der Waals surface area contributed by atoms with Crippen molar-refractivity contribution in [1.82, 2.24) is 0 Å². The molecule has 0 aromatic rings. The van der Waals surface area contributed by atoms with Gasteiger partial charge in [-0.25, -0.2) is 5.71 Å². The summed E-state index contributed by atoms with van der Waals surface area (Å²) in [4.78, 5) is 0. The van der Waals surface area contributed by atoms with Crippen molar-refractivity contribution in [3.8, 4) is 0 Å². The molecule has 78 valence electrons. The molecule has 0 unspecified atom stereocenters. The van der Waals surface area contributed by atoms with E-state index in [2.05, 4.69) is 41.5 Å². The zero-order chi connectivity index (χ0) is 10.9. The number of hydrogen-bond acceptors (Lipinski definition) is 0. The van der Waals surface area contributed by atoms with Gasteiger partial charge in [-0.15, -0.1) is 0 Å². The van der Waals surface area contributed by atoms with Gasteiger partial charge >= 0.3 is 18.9 Å². The SMILES string of the molecule is CC(=[N-])CP(C(C)(C)C)C(C)(C)C.[Li+]. The summed E-state index contributed by atoms with van der Waals surface area (Å²) in [5, 5.41) is 10.0. The maximum Gasteiger partial charge on any atom is 1.00 e. The molecule has 0 saturated heterocycles. The van der Waals surface area contributed by atoms with Gasteiger partial charge in [0.25, 0.3) is 0 Å². The van der Waals surface area contributed by atoms with E-state index in [0.717, 1.165) is 6.16 Å². The maximum absolute atomic E-state index is 9.38. The normalized spacial score (nSPS) is 12.6. The summed E-state index contributed by atoms with van der Waals surface area (Å²) >= 11 is 0. The molecule has 0 aliphatic carbocycles. The standard InChI is InChI=1S/C11H23NP.Li/c1-9(12)8-13(10(2,3)4)11(5,6)7;/h8H2,1-7H3;/q-1;+1. The van der Waals surface area contributed by atoms with Gasteiger partial charge in [-0.05, 0) is 16.5 Å². The summed E-state index contributed by atoms with van der Waals surface area (Å²) < 4.78 is 0. The fourth-order valence-corrected chi connectivity index (χ4v) is 5.13. The van der Waals surface area contributed by atoms with Crippen molar-refractivity contribution in [1.29, 1.82) is 0 Å². The Balaban J connectivity index is 0. The molecule has 0 amide bonds. The van der Waals surface area contributed by atoms with Gasteiger partial charge < -0.3 is 5.41 Å². The third kappa shape index (κ3) is 6.23. The molecule has 0 saturated carbocycles. The monoisotopic (exact) mass is 207 g/mol. The van der Waals surface area contributed by atoms with E-state index in [0.29, 0.717) is 16.0 Å². The molecule has 0 fully saturated rings. The summed E-state index contributed by atoms with van der Waals surface area (Å²) in [5.74, 6) is 0. The van der Waals surface area contributed by atoms with Crippen LogP contribution in [0.2, 0.25) is 0 Å². The molecule has 14 heavy (non-hydrogen) atoms. The number of nitrogens with zero attached hydrogens (tertiary/aromatic N) is 1. The van der Waals surface area contributed by atoms with Crippen LogP contribution in [-0.2, 0) is 0 Å². The average molecular weight is 207 g/mol. The average Bonchev–Trinajstić information content (AvgIpc) is 1.77. The van der Waals surface area contributed by atoms with Crippen molar-refractivity contribution in [2.75, 3.05) is 6.16 Å². The molecule has 0 N–H and O–H groups in total. The summed E-state index contributed by atoms with van der Waals surface area (Å²) in [7, 11) is -0.169. The molecular weight excluding hydrogens is 184 g/mol. The van der Waals surface area contributed by atoms with E-state index in [1.165, 1.54) is 0 Å². The smallest absolute Gasteiger partial charge is 0.811 e. The van der Waals surface area contributed by atoms with Crippen LogP contribution in [0.4, 0.5) is 0 Å². The van der Waals surface area contributed by atoms with Gasteiger partial charge in [0.2, 0.25) is 0 Å². The van der Waals surface area contributed by atoms with E-state index in [-0.39, 0.29) is 26.8 Å². The van der Waals surface area contributed by atoms with Crippen LogP contribution in [0.1, 0.15) is 48.5 Å². The fourth-order valence-electron chi connectivity index (χ4n) is 1.71. The van der Waals surface area contributed by atoms with Crippen LogP contribution < -0.4 is 18.9 Å². The summed E-state index contributed by atoms with van der Waals surface area (Å²) in [5.41, 5.74) is 0.580. The Hall–Kier alpha value is 0.697. The Morgan fingerprint density at radius 3 is 1.36 bits per heavy atom. The Labute approximate surface area is 103 Å². The van der Waals surface area contributed by atoms with Crippen LogP contribution in [0.25, 0.3) is 5.41 Å². The van der Waals surface area contributed by atoms with E-state index in [1.54, 1.807) is 0 Å². The van der Waals surface area contributed by atoms with Gasteiger partial charge in [0.05, 0.1) is 0 Å². The molecule has 0 aliphatic heterocycles. The Kier molecular flexibility index (Phi) is 6.95. The van der Waals surface area contributed by atoms with Crippen molar-refractivity contribution >= 4 is 13.6 Å². The Bertz CT molecular complexity index is 174. The predicted molar refractivity (Wildman–Crippen MR) is 65.3 cm³/mol. The topological polar surface area (TPSA) is 22.3 Å². The Morgan fingerprint density at radius 2 is 1.29 bits per heavy atom. The van der Waals surface area contributed by atoms with Crippen LogP contribution >= 0.6 is 7.92 Å². The molecule has 0 aliphatic rings. The van der Waals surface area contributed by atoms with Crippen molar-refractivity contribution in [3.63, 3.8) is 0 Å². The van der Waals surface area contributed by atoms with E-state index >= 15 is 0 Å². The van der Waals surface area contributed by atoms with Crippen molar-refractivity contribution in [2.45, 2.75) is 58.8 Å². The minimum Gasteiger partial charge on any atom is -0.811 e. The first-order valence-electron chi connectivity index (χ1n) is 4.84. The summed E-state index contributed by atoms with van der Waals surface area (Å²) in [6.07, 6.45) is 0.877.